The zero-order chi connectivity index (χ0) is 12.7. The van der Waals surface area contributed by atoms with Crippen LogP contribution in [0.2, 0.25) is 0 Å². The van der Waals surface area contributed by atoms with Gasteiger partial charge in [-0.05, 0) is 19.3 Å². The Hall–Kier alpha value is -0.310. The zero-order valence-electron chi connectivity index (χ0n) is 11.0. The summed E-state index contributed by atoms with van der Waals surface area (Å²) in [4.78, 5) is 0. The van der Waals surface area contributed by atoms with Crippen molar-refractivity contribution in [1.29, 1.82) is 0 Å². The molecule has 16 heavy (non-hydrogen) atoms. The van der Waals surface area contributed by atoms with Gasteiger partial charge in [-0.1, -0.05) is 92.0 Å². The maximum absolute atomic E-state index is 2.41. The number of halogens is 1. The highest BCUT2D eigenvalue weighted by Crippen LogP contribution is 2.17. The van der Waals surface area contributed by atoms with Crippen LogP contribution in [0.3, 0.4) is 0 Å². The minimum absolute atomic E-state index is 0.234. The predicted octanol–water partition coefficient (Wildman–Crippen LogP) is 5.47. The van der Waals surface area contributed by atoms with Crippen LogP contribution in [0.5, 0.6) is 0 Å². The lowest BCUT2D eigenvalue weighted by molar-refractivity contribution is 0.544. The second kappa shape index (κ2) is 7.10. The molecule has 0 radical (unpaired) electrons. The van der Waals surface area contributed by atoms with Gasteiger partial charge in [0.2, 0.25) is 0 Å². The van der Waals surface area contributed by atoms with Crippen molar-refractivity contribution in [3.05, 3.63) is 48.6 Å². The molecule has 0 heterocycles. The van der Waals surface area contributed by atoms with Crippen molar-refractivity contribution in [3.63, 3.8) is 0 Å². The van der Waals surface area contributed by atoms with Crippen LogP contribution in [0.15, 0.2) is 48.6 Å². The van der Waals surface area contributed by atoms with Crippen molar-refractivity contribution in [2.24, 2.45) is 5.41 Å². The minimum Gasteiger partial charge on any atom is -0.0791 e. The van der Waals surface area contributed by atoms with Gasteiger partial charge in [0.25, 0.3) is 0 Å². The molecule has 0 aromatic carbocycles. The smallest absolute Gasteiger partial charge is 0.0347 e. The van der Waals surface area contributed by atoms with E-state index in [-0.39, 0.29) is 8.84 Å². The van der Waals surface area contributed by atoms with Gasteiger partial charge >= 0.3 is 0 Å². The first-order chi connectivity index (χ1) is 7.21. The number of alkyl halides is 1. The van der Waals surface area contributed by atoms with Crippen molar-refractivity contribution in [1.82, 2.24) is 0 Å². The molecule has 1 heteroatoms. The fourth-order valence-electron chi connectivity index (χ4n) is 0.885. The van der Waals surface area contributed by atoms with Gasteiger partial charge in [0.15, 0.2) is 0 Å². The summed E-state index contributed by atoms with van der Waals surface area (Å²) in [5.74, 6) is 0. The Morgan fingerprint density at radius 3 is 1.38 bits per heavy atom. The zero-order valence-corrected chi connectivity index (χ0v) is 13.2. The minimum atomic E-state index is 0.234. The maximum atomic E-state index is 2.41. The van der Waals surface area contributed by atoms with Crippen LogP contribution in [0.4, 0.5) is 0 Å². The molecule has 0 aromatic rings. The van der Waals surface area contributed by atoms with Gasteiger partial charge in [-0.25, -0.2) is 0 Å². The molecule has 0 atom stereocenters. The lowest BCUT2D eigenvalue weighted by Crippen LogP contribution is -2.01. The predicted molar refractivity (Wildman–Crippen MR) is 84.1 cm³/mol. The second-order valence-electron chi connectivity index (χ2n) is 5.42. The van der Waals surface area contributed by atoms with E-state index >= 15 is 0 Å². The highest BCUT2D eigenvalue weighted by Gasteiger charge is 2.04. The van der Waals surface area contributed by atoms with E-state index in [0.29, 0.717) is 0 Å². The molecule has 0 fully saturated rings. The Balaban J connectivity index is 3.99. The fraction of sp³-hybridized carbons (Fsp3) is 0.467. The first kappa shape index (κ1) is 15.7. The van der Waals surface area contributed by atoms with E-state index < -0.39 is 0 Å². The average molecular weight is 330 g/mol. The summed E-state index contributed by atoms with van der Waals surface area (Å²) in [6.07, 6.45) is 16.8. The van der Waals surface area contributed by atoms with Gasteiger partial charge in [0.1, 0.15) is 0 Å². The van der Waals surface area contributed by atoms with Crippen molar-refractivity contribution < 1.29 is 0 Å². The van der Waals surface area contributed by atoms with Crippen LogP contribution in [0.25, 0.3) is 0 Å². The van der Waals surface area contributed by atoms with E-state index in [1.165, 1.54) is 0 Å². The number of hydrogen-bond donors (Lipinski definition) is 0. The van der Waals surface area contributed by atoms with Crippen LogP contribution >= 0.6 is 22.6 Å². The summed E-state index contributed by atoms with van der Waals surface area (Å²) in [6.45, 7) is 10.9. The van der Waals surface area contributed by atoms with Crippen LogP contribution in [-0.2, 0) is 0 Å². The Kier molecular flexibility index (Phi) is 6.96. The van der Waals surface area contributed by atoms with E-state index in [0.717, 1.165) is 0 Å². The van der Waals surface area contributed by atoms with E-state index in [2.05, 4.69) is 93.7 Å². The SMILES string of the molecule is CC(C)(C)/C=C/C=C/C=C/C=C/C(C)(C)I. The molecule has 0 aliphatic heterocycles. The second-order valence-corrected chi connectivity index (χ2v) is 8.20. The molecule has 0 nitrogen and oxygen atoms in total. The van der Waals surface area contributed by atoms with Crippen molar-refractivity contribution >= 4 is 22.6 Å². The van der Waals surface area contributed by atoms with Crippen molar-refractivity contribution in [2.75, 3.05) is 0 Å². The van der Waals surface area contributed by atoms with Crippen LogP contribution in [0, 0.1) is 5.41 Å². The van der Waals surface area contributed by atoms with Gasteiger partial charge in [-0.15, -0.1) is 0 Å². The fourth-order valence-corrected chi connectivity index (χ4v) is 1.09. The summed E-state index contributed by atoms with van der Waals surface area (Å²) in [5.41, 5.74) is 0.263. The molecule has 0 aliphatic carbocycles. The van der Waals surface area contributed by atoms with Crippen molar-refractivity contribution in [2.45, 2.75) is 38.0 Å². The highest BCUT2D eigenvalue weighted by atomic mass is 127. The number of rotatable bonds is 4. The molecule has 0 saturated heterocycles. The van der Waals surface area contributed by atoms with Gasteiger partial charge in [-0.2, -0.15) is 0 Å². The molecule has 90 valence electrons. The van der Waals surface area contributed by atoms with Gasteiger partial charge in [-0.3, -0.25) is 0 Å². The molecule has 0 aromatic heterocycles. The molecule has 0 unspecified atom stereocenters. The Morgan fingerprint density at radius 2 is 1.00 bits per heavy atom. The first-order valence-corrected chi connectivity index (χ1v) is 6.68. The molecule has 0 spiro atoms. The molecule has 0 bridgehead atoms. The van der Waals surface area contributed by atoms with Crippen molar-refractivity contribution in [3.8, 4) is 0 Å². The van der Waals surface area contributed by atoms with E-state index in [1.54, 1.807) is 0 Å². The normalized spacial score (nSPS) is 15.1. The third-order valence-electron chi connectivity index (χ3n) is 1.64. The molecule has 0 N–H and O–H groups in total. The number of allylic oxidation sites excluding steroid dienone is 8. The molecule has 0 saturated carbocycles. The maximum Gasteiger partial charge on any atom is 0.0347 e. The first-order valence-electron chi connectivity index (χ1n) is 5.60. The lowest BCUT2D eigenvalue weighted by atomic mass is 9.96. The Morgan fingerprint density at radius 1 is 0.625 bits per heavy atom. The number of hydrogen-bond acceptors (Lipinski definition) is 0. The summed E-state index contributed by atoms with van der Waals surface area (Å²) >= 11 is 2.41. The largest absolute Gasteiger partial charge is 0.0791 e. The van der Waals surface area contributed by atoms with E-state index in [1.807, 2.05) is 12.2 Å². The topological polar surface area (TPSA) is 0 Å². The van der Waals surface area contributed by atoms with E-state index in [9.17, 15) is 0 Å². The Labute approximate surface area is 114 Å². The standard InChI is InChI=1S/C15H23I/c1-14(2,3)12-10-8-6-7-9-11-13-15(4,5)16/h6-13H,1-5H3/b8-6+,9-7+,12-10+,13-11+. The van der Waals surface area contributed by atoms with E-state index in [4.69, 9.17) is 0 Å². The summed E-state index contributed by atoms with van der Waals surface area (Å²) in [6, 6.07) is 0. The Bertz CT molecular complexity index is 258. The summed E-state index contributed by atoms with van der Waals surface area (Å²) < 4.78 is 0.234. The highest BCUT2D eigenvalue weighted by molar-refractivity contribution is 14.1. The van der Waals surface area contributed by atoms with Crippen LogP contribution < -0.4 is 0 Å². The molecular weight excluding hydrogens is 307 g/mol. The van der Waals surface area contributed by atoms with Gasteiger partial charge in [0, 0.05) is 3.42 Å². The summed E-state index contributed by atoms with van der Waals surface area (Å²) in [7, 11) is 0. The van der Waals surface area contributed by atoms with Crippen LogP contribution in [-0.4, -0.2) is 3.42 Å². The third-order valence-corrected chi connectivity index (χ3v) is 2.00. The molecule has 0 amide bonds. The lowest BCUT2D eigenvalue weighted by Gasteiger charge is -2.09. The summed E-state index contributed by atoms with van der Waals surface area (Å²) in [5, 5.41) is 0. The molecular formula is C15H23I. The monoisotopic (exact) mass is 330 g/mol. The molecule has 0 aliphatic rings. The van der Waals surface area contributed by atoms with Gasteiger partial charge in [0.05, 0.1) is 0 Å². The third kappa shape index (κ3) is 13.7. The quantitative estimate of drug-likeness (QED) is 0.364. The van der Waals surface area contributed by atoms with Gasteiger partial charge < -0.3 is 0 Å². The molecule has 0 rings (SSSR count). The van der Waals surface area contributed by atoms with Crippen LogP contribution in [0.1, 0.15) is 34.6 Å². The average Bonchev–Trinajstić information content (AvgIpc) is 2.06.